The van der Waals surface area contributed by atoms with Crippen LogP contribution in [0.1, 0.15) is 43.0 Å². The molecule has 18 heavy (non-hydrogen) atoms. The van der Waals surface area contributed by atoms with E-state index in [-0.39, 0.29) is 6.17 Å². The van der Waals surface area contributed by atoms with E-state index in [0.29, 0.717) is 6.04 Å². The summed E-state index contributed by atoms with van der Waals surface area (Å²) in [6.45, 7) is 1.14. The molecule has 2 N–H and O–H groups in total. The largest absolute Gasteiger partial charge is 0.312 e. The Bertz CT molecular complexity index is 395. The van der Waals surface area contributed by atoms with Gasteiger partial charge in [0.25, 0.3) is 0 Å². The number of nitrogens with zero attached hydrogens (tertiary/aromatic N) is 1. The van der Waals surface area contributed by atoms with Crippen molar-refractivity contribution in [3.05, 3.63) is 34.5 Å². The molecule has 0 amide bonds. The van der Waals surface area contributed by atoms with Gasteiger partial charge in [0.05, 0.1) is 6.17 Å². The molecule has 2 atom stereocenters. The predicted octanol–water partition coefficient (Wildman–Crippen LogP) is 3.53. The normalized spacial score (nSPS) is 27.7. The smallest absolute Gasteiger partial charge is 0.0769 e. The van der Waals surface area contributed by atoms with E-state index in [0.717, 1.165) is 12.5 Å². The fraction of sp³-hybridized carbons (Fsp3) is 0.600. The molecule has 1 saturated carbocycles. The van der Waals surface area contributed by atoms with Gasteiger partial charge in [0.1, 0.15) is 0 Å². The summed E-state index contributed by atoms with van der Waals surface area (Å²) in [6.07, 6.45) is 11.0. The van der Waals surface area contributed by atoms with Crippen LogP contribution in [-0.4, -0.2) is 17.6 Å². The van der Waals surface area contributed by atoms with Crippen LogP contribution in [-0.2, 0) is 0 Å². The minimum Gasteiger partial charge on any atom is -0.312 e. The Morgan fingerprint density at radius 1 is 1.33 bits per heavy atom. The average Bonchev–Trinajstić information content (AvgIpc) is 3.03. The quantitative estimate of drug-likeness (QED) is 0.844. The van der Waals surface area contributed by atoms with Crippen molar-refractivity contribution in [3.63, 3.8) is 0 Å². The molecule has 2 heterocycles. The van der Waals surface area contributed by atoms with E-state index >= 15 is 0 Å². The first kappa shape index (κ1) is 12.4. The molecule has 98 valence electrons. The van der Waals surface area contributed by atoms with Crippen molar-refractivity contribution in [1.29, 1.82) is 0 Å². The van der Waals surface area contributed by atoms with E-state index in [4.69, 9.17) is 5.73 Å². The lowest BCUT2D eigenvalue weighted by Gasteiger charge is -2.35. The van der Waals surface area contributed by atoms with Crippen molar-refractivity contribution in [1.82, 2.24) is 4.90 Å². The fourth-order valence-electron chi connectivity index (χ4n) is 2.91. The van der Waals surface area contributed by atoms with Gasteiger partial charge in [-0.3, -0.25) is 4.90 Å². The summed E-state index contributed by atoms with van der Waals surface area (Å²) in [5.74, 6) is 0.836. The molecule has 0 radical (unpaired) electrons. The third-order valence-electron chi connectivity index (χ3n) is 4.01. The second kappa shape index (κ2) is 5.55. The second-order valence-corrected chi connectivity index (χ2v) is 6.43. The molecule has 0 spiro atoms. The Morgan fingerprint density at radius 3 is 2.94 bits per heavy atom. The third kappa shape index (κ3) is 2.68. The van der Waals surface area contributed by atoms with Gasteiger partial charge < -0.3 is 5.73 Å². The Kier molecular flexibility index (Phi) is 3.83. The van der Waals surface area contributed by atoms with Gasteiger partial charge in [-0.15, -0.1) is 11.3 Å². The van der Waals surface area contributed by atoms with Gasteiger partial charge in [-0.2, -0.15) is 0 Å². The molecule has 0 aromatic carbocycles. The number of rotatable bonds is 3. The molecule has 1 aliphatic carbocycles. The molecule has 1 aliphatic heterocycles. The molecule has 1 fully saturated rings. The first-order valence-corrected chi connectivity index (χ1v) is 7.95. The lowest BCUT2D eigenvalue weighted by molar-refractivity contribution is 0.142. The molecule has 2 unspecified atom stereocenters. The monoisotopic (exact) mass is 262 g/mol. The van der Waals surface area contributed by atoms with Gasteiger partial charge >= 0.3 is 0 Å². The highest BCUT2D eigenvalue weighted by Crippen LogP contribution is 2.46. The fourth-order valence-corrected chi connectivity index (χ4v) is 3.85. The molecular formula is C15H22N2S. The maximum Gasteiger partial charge on any atom is 0.0769 e. The standard InChI is InChI=1S/C15H22N2S/c16-14-7-3-1-2-4-10-17(14)15(12-8-9-12)13-6-5-11-18-13/h3,5-7,11-12,14-15H,1-2,4,8-10,16H2. The highest BCUT2D eigenvalue weighted by Gasteiger charge is 2.38. The van der Waals surface area contributed by atoms with Crippen molar-refractivity contribution in [2.45, 2.75) is 44.3 Å². The van der Waals surface area contributed by atoms with Crippen LogP contribution >= 0.6 is 11.3 Å². The first-order chi connectivity index (χ1) is 8.86. The van der Waals surface area contributed by atoms with Crippen LogP contribution in [0.15, 0.2) is 29.7 Å². The molecule has 2 nitrogen and oxygen atoms in total. The predicted molar refractivity (Wildman–Crippen MR) is 77.5 cm³/mol. The summed E-state index contributed by atoms with van der Waals surface area (Å²) in [6, 6.07) is 5.01. The lowest BCUT2D eigenvalue weighted by atomic mass is 10.0. The Labute approximate surface area is 113 Å². The van der Waals surface area contributed by atoms with Crippen molar-refractivity contribution in [2.24, 2.45) is 11.7 Å². The number of hydrogen-bond donors (Lipinski definition) is 1. The summed E-state index contributed by atoms with van der Waals surface area (Å²) in [5, 5.41) is 2.19. The molecule has 3 rings (SSSR count). The van der Waals surface area contributed by atoms with E-state index in [1.165, 1.54) is 37.0 Å². The molecule has 0 saturated heterocycles. The van der Waals surface area contributed by atoms with Crippen LogP contribution < -0.4 is 5.73 Å². The van der Waals surface area contributed by atoms with Crippen molar-refractivity contribution < 1.29 is 0 Å². The zero-order valence-electron chi connectivity index (χ0n) is 10.8. The van der Waals surface area contributed by atoms with Crippen molar-refractivity contribution in [2.75, 3.05) is 6.54 Å². The van der Waals surface area contributed by atoms with Gasteiger partial charge in [-0.25, -0.2) is 0 Å². The van der Waals surface area contributed by atoms with E-state index < -0.39 is 0 Å². The van der Waals surface area contributed by atoms with Crippen LogP contribution in [0.3, 0.4) is 0 Å². The van der Waals surface area contributed by atoms with Crippen LogP contribution in [0.25, 0.3) is 0 Å². The molecular weight excluding hydrogens is 240 g/mol. The molecule has 2 aliphatic rings. The summed E-state index contributed by atoms with van der Waals surface area (Å²) in [7, 11) is 0. The topological polar surface area (TPSA) is 29.3 Å². The van der Waals surface area contributed by atoms with Crippen LogP contribution in [0, 0.1) is 5.92 Å². The lowest BCUT2D eigenvalue weighted by Crippen LogP contribution is -2.44. The minimum atomic E-state index is 0.0954. The third-order valence-corrected chi connectivity index (χ3v) is 4.96. The maximum atomic E-state index is 6.36. The van der Waals surface area contributed by atoms with Gasteiger partial charge in [0, 0.05) is 17.5 Å². The van der Waals surface area contributed by atoms with E-state index in [2.05, 4.69) is 34.6 Å². The number of allylic oxidation sites excluding steroid dienone is 1. The Balaban J connectivity index is 1.84. The van der Waals surface area contributed by atoms with Crippen molar-refractivity contribution in [3.8, 4) is 0 Å². The van der Waals surface area contributed by atoms with Crippen molar-refractivity contribution >= 4 is 11.3 Å². The average molecular weight is 262 g/mol. The summed E-state index contributed by atoms with van der Waals surface area (Å²) in [5.41, 5.74) is 6.36. The zero-order valence-corrected chi connectivity index (χ0v) is 11.6. The Hall–Kier alpha value is -0.640. The first-order valence-electron chi connectivity index (χ1n) is 7.07. The number of nitrogens with two attached hydrogens (primary N) is 1. The van der Waals surface area contributed by atoms with E-state index in [1.807, 2.05) is 11.3 Å². The molecule has 1 aromatic heterocycles. The highest BCUT2D eigenvalue weighted by molar-refractivity contribution is 7.10. The van der Waals surface area contributed by atoms with E-state index in [1.54, 1.807) is 0 Å². The minimum absolute atomic E-state index is 0.0954. The van der Waals surface area contributed by atoms with Crippen LogP contribution in [0.2, 0.25) is 0 Å². The van der Waals surface area contributed by atoms with Gasteiger partial charge in [-0.1, -0.05) is 18.2 Å². The van der Waals surface area contributed by atoms with E-state index in [9.17, 15) is 0 Å². The highest BCUT2D eigenvalue weighted by atomic mass is 32.1. The molecule has 3 heteroatoms. The Morgan fingerprint density at radius 2 is 2.22 bits per heavy atom. The summed E-state index contributed by atoms with van der Waals surface area (Å²) in [4.78, 5) is 4.03. The van der Waals surface area contributed by atoms with Crippen LogP contribution in [0.4, 0.5) is 0 Å². The molecule has 1 aromatic rings. The zero-order chi connectivity index (χ0) is 12.4. The number of thiophene rings is 1. The summed E-state index contributed by atoms with van der Waals surface area (Å²) >= 11 is 1.89. The number of hydrogen-bond acceptors (Lipinski definition) is 3. The van der Waals surface area contributed by atoms with Gasteiger partial charge in [0.2, 0.25) is 0 Å². The maximum absolute atomic E-state index is 6.36. The second-order valence-electron chi connectivity index (χ2n) is 5.45. The van der Waals surface area contributed by atoms with Gasteiger partial charge in [-0.05, 0) is 49.5 Å². The van der Waals surface area contributed by atoms with Crippen LogP contribution in [0.5, 0.6) is 0 Å². The molecule has 0 bridgehead atoms. The SMILES string of the molecule is NC1C=CCCCCN1C(c1cccs1)C1CC1. The summed E-state index contributed by atoms with van der Waals surface area (Å²) < 4.78 is 0. The van der Waals surface area contributed by atoms with Gasteiger partial charge in [0.15, 0.2) is 0 Å².